The van der Waals surface area contributed by atoms with E-state index in [0.29, 0.717) is 37.6 Å². The number of halogens is 2. The fourth-order valence-electron chi connectivity index (χ4n) is 9.31. The van der Waals surface area contributed by atoms with E-state index in [-0.39, 0.29) is 61.7 Å². The summed E-state index contributed by atoms with van der Waals surface area (Å²) in [6.45, 7) is 2.76. The highest BCUT2D eigenvalue weighted by molar-refractivity contribution is 7.91. The molecule has 2 N–H and O–H groups in total. The maximum atomic E-state index is 16.6. The molecule has 3 aliphatic carbocycles. The number of alkyl halides is 2. The van der Waals surface area contributed by atoms with Crippen LogP contribution in [0, 0.1) is 18.8 Å². The van der Waals surface area contributed by atoms with Gasteiger partial charge in [-0.05, 0) is 84.1 Å². The van der Waals surface area contributed by atoms with Crippen molar-refractivity contribution in [1.29, 1.82) is 0 Å². The van der Waals surface area contributed by atoms with Crippen LogP contribution in [-0.4, -0.2) is 76.6 Å². The molecule has 1 spiro atoms. The van der Waals surface area contributed by atoms with Gasteiger partial charge in [0.15, 0.2) is 5.75 Å². The van der Waals surface area contributed by atoms with Crippen molar-refractivity contribution >= 4 is 44.6 Å². The van der Waals surface area contributed by atoms with E-state index >= 15 is 8.78 Å². The van der Waals surface area contributed by atoms with Gasteiger partial charge < -0.3 is 19.7 Å². The Morgan fingerprint density at radius 1 is 1.05 bits per heavy atom. The van der Waals surface area contributed by atoms with E-state index in [0.717, 1.165) is 38.5 Å². The summed E-state index contributed by atoms with van der Waals surface area (Å²) < 4.78 is 73.1. The van der Waals surface area contributed by atoms with Crippen LogP contribution < -0.4 is 14.8 Å². The molecule has 1 aromatic heterocycles. The lowest BCUT2D eigenvalue weighted by molar-refractivity contribution is -0.154. The number of carbonyl (C=O) groups excluding carboxylic acids is 4. The molecular formula is C42H54F2N4O8S. The second-order valence-corrected chi connectivity index (χ2v) is 19.5. The van der Waals surface area contributed by atoms with Gasteiger partial charge in [0.05, 0.1) is 40.9 Å². The number of allylic oxidation sites excluding steroid dienone is 1. The second-order valence-electron chi connectivity index (χ2n) is 17.3. The summed E-state index contributed by atoms with van der Waals surface area (Å²) in [5, 5.41) is 3.06. The minimum Gasteiger partial charge on any atom is -0.483 e. The van der Waals surface area contributed by atoms with Crippen LogP contribution >= 0.6 is 0 Å². The number of hydrogen-bond acceptors (Lipinski definition) is 9. The highest BCUT2D eigenvalue weighted by Gasteiger charge is 2.65. The van der Waals surface area contributed by atoms with Crippen LogP contribution in [-0.2, 0) is 39.9 Å². The number of sulfonamides is 1. The van der Waals surface area contributed by atoms with Crippen molar-refractivity contribution in [2.75, 3.05) is 6.54 Å². The fourth-order valence-corrected chi connectivity index (χ4v) is 10.6. The first-order valence-corrected chi connectivity index (χ1v) is 21.6. The van der Waals surface area contributed by atoms with Crippen molar-refractivity contribution in [2.24, 2.45) is 11.8 Å². The first kappa shape index (κ1) is 41.0. The standard InChI is InChI=1S/C41H50F2N4O8S.CH4/c1-25-34-33(29-16-10-11-17-30(29)44-25)41(42,43)23-39(55-34)22-31-35(49)45-40(37(51)46-56(52,53)38(2)18-19-38)21-27(40)13-7-5-3-4-6-12-26(36(50)47(31)24-39)20-32(48)54-28-14-8-9-15-28;/h7,10-11,13,16-17,26-28,31H,3-6,8-9,12,14-15,18-24H2,1-2H3,(H,45,49)(H,46,51);1H4/b13-7-;/t26-,27-,31+,39+,40-;/m1./s1. The van der Waals surface area contributed by atoms with Gasteiger partial charge in [0.2, 0.25) is 21.8 Å². The van der Waals surface area contributed by atoms with Crippen molar-refractivity contribution < 1.29 is 45.9 Å². The largest absolute Gasteiger partial charge is 0.483 e. The average Bonchev–Trinajstić information content (AvgIpc) is 3.93. The number of pyridine rings is 1. The number of para-hydroxylation sites is 1. The topological polar surface area (TPSA) is 161 Å². The molecule has 6 aliphatic rings. The van der Waals surface area contributed by atoms with Crippen LogP contribution in [0.2, 0.25) is 0 Å². The number of ether oxygens (including phenoxy) is 2. The summed E-state index contributed by atoms with van der Waals surface area (Å²) in [6.07, 6.45) is 9.50. The average molecular weight is 813 g/mol. The summed E-state index contributed by atoms with van der Waals surface area (Å²) >= 11 is 0. The molecular weight excluding hydrogens is 759 g/mol. The second kappa shape index (κ2) is 14.9. The molecule has 0 unspecified atom stereocenters. The highest BCUT2D eigenvalue weighted by Crippen LogP contribution is 2.54. The van der Waals surface area contributed by atoms with Crippen molar-refractivity contribution in [3.63, 3.8) is 0 Å². The number of fused-ring (bicyclic) bond motifs is 5. The zero-order valence-corrected chi connectivity index (χ0v) is 32.7. The van der Waals surface area contributed by atoms with E-state index in [1.54, 1.807) is 38.1 Å². The van der Waals surface area contributed by atoms with Gasteiger partial charge in [0.1, 0.15) is 23.3 Å². The summed E-state index contributed by atoms with van der Waals surface area (Å²) in [4.78, 5) is 62.4. The molecule has 8 rings (SSSR count). The number of hydrogen-bond donors (Lipinski definition) is 2. The zero-order valence-electron chi connectivity index (χ0n) is 31.9. The first-order chi connectivity index (χ1) is 26.6. The van der Waals surface area contributed by atoms with Crippen molar-refractivity contribution in [3.8, 4) is 5.75 Å². The summed E-state index contributed by atoms with van der Waals surface area (Å²) in [5.74, 6) is -7.70. The van der Waals surface area contributed by atoms with Crippen LogP contribution in [0.1, 0.15) is 122 Å². The van der Waals surface area contributed by atoms with E-state index in [9.17, 15) is 27.6 Å². The summed E-state index contributed by atoms with van der Waals surface area (Å²) in [6, 6.07) is 5.20. The molecule has 4 fully saturated rings. The van der Waals surface area contributed by atoms with Gasteiger partial charge >= 0.3 is 5.97 Å². The zero-order chi connectivity index (χ0) is 39.7. The lowest BCUT2D eigenvalue weighted by Gasteiger charge is -2.40. The van der Waals surface area contributed by atoms with Gasteiger partial charge in [-0.2, -0.15) is 0 Å². The molecule has 2 aromatic rings. The van der Waals surface area contributed by atoms with Crippen molar-refractivity contribution in [2.45, 2.75) is 152 Å². The molecule has 1 saturated heterocycles. The van der Waals surface area contributed by atoms with Crippen molar-refractivity contribution in [3.05, 3.63) is 47.7 Å². The Labute approximate surface area is 332 Å². The summed E-state index contributed by atoms with van der Waals surface area (Å²) in [7, 11) is -4.06. The molecule has 3 aliphatic heterocycles. The van der Waals surface area contributed by atoms with E-state index in [2.05, 4.69) is 15.0 Å². The number of nitrogens with one attached hydrogen (secondary N) is 2. The minimum atomic E-state index is -4.06. The molecule has 57 heavy (non-hydrogen) atoms. The lowest BCUT2D eigenvalue weighted by Crippen LogP contribution is -2.57. The molecule has 310 valence electrons. The maximum Gasteiger partial charge on any atom is 0.306 e. The molecule has 15 heteroatoms. The predicted molar refractivity (Wildman–Crippen MR) is 208 cm³/mol. The number of benzene rings is 1. The molecule has 3 saturated carbocycles. The van der Waals surface area contributed by atoms with Crippen LogP contribution in [0.3, 0.4) is 0 Å². The minimum absolute atomic E-state index is 0. The third-order valence-electron chi connectivity index (χ3n) is 13.0. The van der Waals surface area contributed by atoms with Crippen LogP contribution in [0.25, 0.3) is 10.9 Å². The van der Waals surface area contributed by atoms with E-state index in [4.69, 9.17) is 9.47 Å². The molecule has 4 heterocycles. The third-order valence-corrected chi connectivity index (χ3v) is 15.1. The Hall–Kier alpha value is -4.14. The van der Waals surface area contributed by atoms with Gasteiger partial charge in [-0.15, -0.1) is 0 Å². The molecule has 1 aromatic carbocycles. The van der Waals surface area contributed by atoms with Gasteiger partial charge in [0, 0.05) is 23.6 Å². The number of aryl methyl sites for hydroxylation is 1. The predicted octanol–water partition coefficient (Wildman–Crippen LogP) is 6.28. The lowest BCUT2D eigenvalue weighted by atomic mass is 9.84. The number of amides is 3. The Kier molecular flexibility index (Phi) is 10.7. The van der Waals surface area contributed by atoms with Gasteiger partial charge in [-0.25, -0.2) is 22.2 Å². The molecule has 3 amide bonds. The molecule has 0 bridgehead atoms. The Bertz CT molecular complexity index is 2100. The number of nitrogens with zero attached hydrogens (tertiary/aromatic N) is 2. The molecule has 12 nitrogen and oxygen atoms in total. The van der Waals surface area contributed by atoms with E-state index in [1.165, 1.54) is 4.90 Å². The quantitative estimate of drug-likeness (QED) is 0.253. The number of rotatable bonds is 6. The monoisotopic (exact) mass is 812 g/mol. The van der Waals surface area contributed by atoms with Crippen LogP contribution in [0.15, 0.2) is 36.4 Å². The Morgan fingerprint density at radius 3 is 2.51 bits per heavy atom. The third kappa shape index (κ3) is 7.65. The van der Waals surface area contributed by atoms with E-state index < -0.39 is 79.8 Å². The van der Waals surface area contributed by atoms with Gasteiger partial charge in [-0.1, -0.05) is 50.6 Å². The van der Waals surface area contributed by atoms with Crippen molar-refractivity contribution in [1.82, 2.24) is 19.9 Å². The Balaban J connectivity index is 0.00000496. The number of aromatic nitrogens is 1. The molecule has 5 atom stereocenters. The normalized spacial score (nSPS) is 31.3. The van der Waals surface area contributed by atoms with Crippen LogP contribution in [0.4, 0.5) is 8.78 Å². The van der Waals surface area contributed by atoms with Gasteiger partial charge in [0.25, 0.3) is 11.8 Å². The fraction of sp³-hybridized carbons (Fsp3) is 0.643. The van der Waals surface area contributed by atoms with E-state index in [1.807, 2.05) is 12.2 Å². The smallest absolute Gasteiger partial charge is 0.306 e. The Morgan fingerprint density at radius 2 is 1.77 bits per heavy atom. The SMILES string of the molecule is C.Cc1nc2ccccc2c2c1O[C@@]1(C[C@H]3C(=O)N[C@]4(C(=O)NS(=O)(=O)C5(C)CC5)C[C@H]4/C=C\CCCCC[C@H](CC(=O)OC4CCCC4)C(=O)N3C1)CC2(F)F. The maximum absolute atomic E-state index is 16.6. The van der Waals surface area contributed by atoms with Crippen LogP contribution in [0.5, 0.6) is 5.75 Å². The van der Waals surface area contributed by atoms with Gasteiger partial charge in [-0.3, -0.25) is 23.9 Å². The summed E-state index contributed by atoms with van der Waals surface area (Å²) in [5.41, 5.74) is -3.04. The molecule has 0 radical (unpaired) electrons. The number of esters is 1. The number of carbonyl (C=O) groups is 4. The highest BCUT2D eigenvalue weighted by atomic mass is 32.2. The first-order valence-electron chi connectivity index (χ1n) is 20.1.